The number of hydrogen-bond donors (Lipinski definition) is 2. The second-order valence-corrected chi connectivity index (χ2v) is 5.86. The maximum Gasteiger partial charge on any atom is 0.179 e. The third-order valence-electron chi connectivity index (χ3n) is 2.41. The van der Waals surface area contributed by atoms with Crippen LogP contribution in [0.1, 0.15) is 11.7 Å². The first-order valence-electron chi connectivity index (χ1n) is 5.21. The van der Waals surface area contributed by atoms with Crippen LogP contribution in [0.2, 0.25) is 0 Å². The number of benzene rings is 1. The number of ether oxygens (including phenoxy) is 1. The number of likely N-dealkylation sites (N-methyl/N-ethyl adjacent to an activating group) is 1. The summed E-state index contributed by atoms with van der Waals surface area (Å²) in [6.45, 7) is 0.156. The molecule has 1 unspecified atom stereocenters. The minimum atomic E-state index is -3.64. The monoisotopic (exact) mass is 277 g/mol. The molecule has 0 aliphatic heterocycles. The molecule has 1 rings (SSSR count). The average Bonchev–Trinajstić information content (AvgIpc) is 2.27. The highest BCUT2D eigenvalue weighted by Gasteiger charge is 2.23. The van der Waals surface area contributed by atoms with Gasteiger partial charge in [-0.05, 0) is 19.2 Å². The zero-order chi connectivity index (χ0) is 13.9. The molecule has 7 heteroatoms. The van der Waals surface area contributed by atoms with Gasteiger partial charge in [0.2, 0.25) is 0 Å². The largest absolute Gasteiger partial charge is 0.495 e. The topological polar surface area (TPSA) is 75.6 Å². The van der Waals surface area contributed by atoms with E-state index in [0.717, 1.165) is 18.4 Å². The predicted molar refractivity (Wildman–Crippen MR) is 64.9 cm³/mol. The lowest BCUT2D eigenvalue weighted by atomic mass is 10.1. The molecular weight excluding hydrogens is 261 g/mol. The van der Waals surface area contributed by atoms with Crippen LogP contribution in [0.5, 0.6) is 5.75 Å². The standard InChI is InChI=1S/C11H16FNO4S/c1-13-6-9(14)8-4-7(12)5-10(11(8)17-2)18(3,15)16/h4-5,9,13-14H,6H2,1-3H3. The fourth-order valence-corrected chi connectivity index (χ4v) is 2.50. The van der Waals surface area contributed by atoms with Crippen LogP contribution < -0.4 is 10.1 Å². The Hall–Kier alpha value is -1.18. The van der Waals surface area contributed by atoms with Crippen LogP contribution in [0, 0.1) is 5.82 Å². The van der Waals surface area contributed by atoms with Crippen molar-refractivity contribution >= 4 is 9.84 Å². The normalized spacial score (nSPS) is 13.4. The van der Waals surface area contributed by atoms with Crippen LogP contribution in [-0.4, -0.2) is 40.5 Å². The van der Waals surface area contributed by atoms with E-state index in [1.165, 1.54) is 7.11 Å². The third kappa shape index (κ3) is 3.18. The molecule has 0 aromatic heterocycles. The molecule has 0 amide bonds. The number of hydrogen-bond acceptors (Lipinski definition) is 5. The number of nitrogens with one attached hydrogen (secondary N) is 1. The number of aliphatic hydroxyl groups is 1. The van der Waals surface area contributed by atoms with E-state index >= 15 is 0 Å². The van der Waals surface area contributed by atoms with E-state index in [2.05, 4.69) is 5.32 Å². The summed E-state index contributed by atoms with van der Waals surface area (Å²) in [7, 11) is -0.743. The molecule has 1 atom stereocenters. The fraction of sp³-hybridized carbons (Fsp3) is 0.455. The smallest absolute Gasteiger partial charge is 0.179 e. The van der Waals surface area contributed by atoms with Crippen LogP contribution in [0.4, 0.5) is 4.39 Å². The van der Waals surface area contributed by atoms with Crippen LogP contribution in [0.15, 0.2) is 17.0 Å². The van der Waals surface area contributed by atoms with Gasteiger partial charge in [-0.3, -0.25) is 0 Å². The Kier molecular flexibility index (Phi) is 4.66. The van der Waals surface area contributed by atoms with Crippen molar-refractivity contribution in [3.8, 4) is 5.75 Å². The van der Waals surface area contributed by atoms with Gasteiger partial charge in [-0.25, -0.2) is 12.8 Å². The molecule has 0 heterocycles. The SMILES string of the molecule is CNCC(O)c1cc(F)cc(S(C)(=O)=O)c1OC. The summed E-state index contributed by atoms with van der Waals surface area (Å²) in [5, 5.41) is 12.6. The molecule has 2 N–H and O–H groups in total. The van der Waals surface area contributed by atoms with Crippen molar-refractivity contribution in [2.75, 3.05) is 27.0 Å². The van der Waals surface area contributed by atoms with E-state index in [9.17, 15) is 17.9 Å². The Morgan fingerprint density at radius 2 is 2.11 bits per heavy atom. The summed E-state index contributed by atoms with van der Waals surface area (Å²) in [5.74, 6) is -0.761. The van der Waals surface area contributed by atoms with Gasteiger partial charge in [0.05, 0.1) is 13.2 Å². The molecule has 1 aromatic carbocycles. The van der Waals surface area contributed by atoms with E-state index in [4.69, 9.17) is 4.74 Å². The van der Waals surface area contributed by atoms with Gasteiger partial charge in [-0.1, -0.05) is 0 Å². The summed E-state index contributed by atoms with van der Waals surface area (Å²) >= 11 is 0. The van der Waals surface area contributed by atoms with Gasteiger partial charge >= 0.3 is 0 Å². The Morgan fingerprint density at radius 1 is 1.50 bits per heavy atom. The number of aliphatic hydroxyl groups excluding tert-OH is 1. The van der Waals surface area contributed by atoms with Crippen molar-refractivity contribution in [2.45, 2.75) is 11.0 Å². The maximum atomic E-state index is 13.4. The predicted octanol–water partition coefficient (Wildman–Crippen LogP) is 0.491. The summed E-state index contributed by atoms with van der Waals surface area (Å²) in [4.78, 5) is -0.268. The van der Waals surface area contributed by atoms with Crippen LogP contribution in [-0.2, 0) is 9.84 Å². The summed E-state index contributed by atoms with van der Waals surface area (Å²) in [6.07, 6.45) is -0.0976. The average molecular weight is 277 g/mol. The zero-order valence-corrected chi connectivity index (χ0v) is 11.2. The van der Waals surface area contributed by atoms with Gasteiger partial charge in [0.15, 0.2) is 9.84 Å². The summed E-state index contributed by atoms with van der Waals surface area (Å²) in [5.41, 5.74) is 0.104. The molecule has 18 heavy (non-hydrogen) atoms. The van der Waals surface area contributed by atoms with Gasteiger partial charge in [0.25, 0.3) is 0 Å². The Bertz CT molecular complexity index is 530. The molecule has 0 bridgehead atoms. The van der Waals surface area contributed by atoms with Gasteiger partial charge in [0, 0.05) is 18.4 Å². The molecular formula is C11H16FNO4S. The Labute approximate surface area is 106 Å². The molecule has 0 aliphatic carbocycles. The van der Waals surface area contributed by atoms with E-state index in [-0.39, 0.29) is 22.8 Å². The summed E-state index contributed by atoms with van der Waals surface area (Å²) in [6, 6.07) is 1.94. The second kappa shape index (κ2) is 5.64. The highest BCUT2D eigenvalue weighted by atomic mass is 32.2. The van der Waals surface area contributed by atoms with E-state index < -0.39 is 21.8 Å². The second-order valence-electron chi connectivity index (χ2n) is 3.87. The van der Waals surface area contributed by atoms with E-state index in [1.54, 1.807) is 7.05 Å². The lowest BCUT2D eigenvalue weighted by molar-refractivity contribution is 0.172. The molecule has 5 nitrogen and oxygen atoms in total. The van der Waals surface area contributed by atoms with Crippen LogP contribution in [0.3, 0.4) is 0 Å². The molecule has 0 radical (unpaired) electrons. The molecule has 0 saturated carbocycles. The van der Waals surface area contributed by atoms with Crippen molar-refractivity contribution in [3.63, 3.8) is 0 Å². The molecule has 0 aliphatic rings. The van der Waals surface area contributed by atoms with Crippen LogP contribution in [0.25, 0.3) is 0 Å². The molecule has 0 spiro atoms. The lowest BCUT2D eigenvalue weighted by Crippen LogP contribution is -2.18. The van der Waals surface area contributed by atoms with E-state index in [0.29, 0.717) is 0 Å². The maximum absolute atomic E-state index is 13.4. The van der Waals surface area contributed by atoms with E-state index in [1.807, 2.05) is 0 Å². The Balaban J connectivity index is 3.48. The molecule has 0 fully saturated rings. The number of rotatable bonds is 5. The molecule has 0 saturated heterocycles. The van der Waals surface area contributed by atoms with Gasteiger partial charge in [-0.2, -0.15) is 0 Å². The quantitative estimate of drug-likeness (QED) is 0.819. The first-order chi connectivity index (χ1) is 8.31. The van der Waals surface area contributed by atoms with Gasteiger partial charge in [-0.15, -0.1) is 0 Å². The molecule has 1 aromatic rings. The number of sulfone groups is 1. The number of halogens is 1. The van der Waals surface area contributed by atoms with Gasteiger partial charge in [0.1, 0.15) is 16.5 Å². The number of methoxy groups -OCH3 is 1. The van der Waals surface area contributed by atoms with Crippen molar-refractivity contribution in [1.82, 2.24) is 5.32 Å². The molecule has 102 valence electrons. The third-order valence-corrected chi connectivity index (χ3v) is 3.51. The first kappa shape index (κ1) is 14.9. The van der Waals surface area contributed by atoms with Crippen molar-refractivity contribution in [1.29, 1.82) is 0 Å². The van der Waals surface area contributed by atoms with Crippen molar-refractivity contribution in [3.05, 3.63) is 23.5 Å². The highest BCUT2D eigenvalue weighted by Crippen LogP contribution is 2.33. The minimum Gasteiger partial charge on any atom is -0.495 e. The van der Waals surface area contributed by atoms with Crippen molar-refractivity contribution in [2.24, 2.45) is 0 Å². The Morgan fingerprint density at radius 3 is 2.56 bits per heavy atom. The highest BCUT2D eigenvalue weighted by molar-refractivity contribution is 7.90. The zero-order valence-electron chi connectivity index (χ0n) is 10.4. The lowest BCUT2D eigenvalue weighted by Gasteiger charge is -2.17. The minimum absolute atomic E-state index is 0.0262. The van der Waals surface area contributed by atoms with Crippen molar-refractivity contribution < 1.29 is 22.7 Å². The van der Waals surface area contributed by atoms with Crippen LogP contribution >= 0.6 is 0 Å². The van der Waals surface area contributed by atoms with Gasteiger partial charge < -0.3 is 15.2 Å². The first-order valence-corrected chi connectivity index (χ1v) is 7.10. The summed E-state index contributed by atoms with van der Waals surface area (Å²) < 4.78 is 41.5. The fourth-order valence-electron chi connectivity index (χ4n) is 1.63.